The van der Waals surface area contributed by atoms with Gasteiger partial charge in [-0.15, -0.1) is 0 Å². The topological polar surface area (TPSA) is 36.7 Å². The van der Waals surface area contributed by atoms with Gasteiger partial charge in [0.05, 0.1) is 29.9 Å². The van der Waals surface area contributed by atoms with Crippen LogP contribution in [0.15, 0.2) is 36.5 Å². The fraction of sp³-hybridized carbons (Fsp3) is 0.143. The average Bonchev–Trinajstić information content (AvgIpc) is 2.38. The third kappa shape index (κ3) is 2.77. The monoisotopic (exact) mass is 280 g/mol. The van der Waals surface area contributed by atoms with Gasteiger partial charge in [-0.05, 0) is 17.7 Å². The minimum Gasteiger partial charge on any atom is -0.253 e. The summed E-state index contributed by atoms with van der Waals surface area (Å²) in [5.41, 5.74) is -0.923. The summed E-state index contributed by atoms with van der Waals surface area (Å²) in [6.07, 6.45) is -3.92. The first kappa shape index (κ1) is 14.0. The Morgan fingerprint density at radius 1 is 1.20 bits per heavy atom. The second kappa shape index (κ2) is 5.29. The van der Waals surface area contributed by atoms with Crippen molar-refractivity contribution in [3.63, 3.8) is 0 Å². The number of nitrogens with zero attached hydrogens (tertiary/aromatic N) is 2. The van der Waals surface area contributed by atoms with Gasteiger partial charge < -0.3 is 0 Å². The standard InChI is InChI=1S/C14H8F4N2/c15-10-7-9(5-6-19)13(20-8-10)11-3-1-2-4-12(11)14(16,17)18/h1-4,7-8H,5H2. The number of rotatable bonds is 2. The Hall–Kier alpha value is -2.42. The zero-order valence-corrected chi connectivity index (χ0v) is 10.1. The summed E-state index contributed by atoms with van der Waals surface area (Å²) in [5.74, 6) is -0.691. The molecular formula is C14H8F4N2. The van der Waals surface area contributed by atoms with Crippen molar-refractivity contribution in [2.45, 2.75) is 12.6 Å². The fourth-order valence-corrected chi connectivity index (χ4v) is 1.88. The molecule has 0 aliphatic heterocycles. The van der Waals surface area contributed by atoms with Crippen LogP contribution in [0.4, 0.5) is 17.6 Å². The molecule has 1 aromatic carbocycles. The van der Waals surface area contributed by atoms with E-state index in [1.807, 2.05) is 0 Å². The van der Waals surface area contributed by atoms with Crippen LogP contribution in [0.5, 0.6) is 0 Å². The zero-order chi connectivity index (χ0) is 14.8. The quantitative estimate of drug-likeness (QED) is 0.780. The van der Waals surface area contributed by atoms with Crippen LogP contribution in [0.2, 0.25) is 0 Å². The molecule has 102 valence electrons. The molecule has 1 aromatic heterocycles. The molecule has 2 rings (SSSR count). The van der Waals surface area contributed by atoms with Gasteiger partial charge in [-0.1, -0.05) is 18.2 Å². The third-order valence-corrected chi connectivity index (χ3v) is 2.69. The SMILES string of the molecule is N#CCc1cc(F)cnc1-c1ccccc1C(F)(F)F. The predicted molar refractivity (Wildman–Crippen MR) is 64.0 cm³/mol. The lowest BCUT2D eigenvalue weighted by molar-refractivity contribution is -0.137. The fourth-order valence-electron chi connectivity index (χ4n) is 1.88. The minimum absolute atomic E-state index is 0.0270. The van der Waals surface area contributed by atoms with Crippen LogP contribution in [0.3, 0.4) is 0 Å². The Bertz CT molecular complexity index is 672. The molecule has 0 N–H and O–H groups in total. The van der Waals surface area contributed by atoms with E-state index in [0.717, 1.165) is 18.3 Å². The van der Waals surface area contributed by atoms with E-state index in [1.165, 1.54) is 18.2 Å². The number of nitriles is 1. The van der Waals surface area contributed by atoms with E-state index in [2.05, 4.69) is 4.98 Å². The summed E-state index contributed by atoms with van der Waals surface area (Å²) in [6.45, 7) is 0. The molecule has 0 spiro atoms. The summed E-state index contributed by atoms with van der Waals surface area (Å²) in [6, 6.07) is 7.70. The Balaban J connectivity index is 2.67. The molecule has 2 nitrogen and oxygen atoms in total. The summed E-state index contributed by atoms with van der Waals surface area (Å²) in [5, 5.41) is 8.69. The van der Waals surface area contributed by atoms with E-state index >= 15 is 0 Å². The van der Waals surface area contributed by atoms with Gasteiger partial charge in [-0.3, -0.25) is 4.98 Å². The first-order valence-electron chi connectivity index (χ1n) is 5.61. The van der Waals surface area contributed by atoms with E-state index in [0.29, 0.717) is 0 Å². The third-order valence-electron chi connectivity index (χ3n) is 2.69. The van der Waals surface area contributed by atoms with Crippen molar-refractivity contribution in [1.29, 1.82) is 5.26 Å². The average molecular weight is 280 g/mol. The molecular weight excluding hydrogens is 272 g/mol. The van der Waals surface area contributed by atoms with Crippen LogP contribution in [0.1, 0.15) is 11.1 Å². The molecule has 0 amide bonds. The number of aromatic nitrogens is 1. The molecule has 0 saturated heterocycles. The maximum atomic E-state index is 13.1. The number of halogens is 4. The second-order valence-corrected chi connectivity index (χ2v) is 4.04. The molecule has 1 heterocycles. The molecule has 0 radical (unpaired) electrons. The molecule has 0 aliphatic rings. The molecule has 6 heteroatoms. The van der Waals surface area contributed by atoms with Gasteiger partial charge >= 0.3 is 6.18 Å². The normalized spacial score (nSPS) is 11.2. The predicted octanol–water partition coefficient (Wildman–Crippen LogP) is 3.97. The molecule has 0 unspecified atom stereocenters. The summed E-state index contributed by atoms with van der Waals surface area (Å²) in [4.78, 5) is 3.72. The van der Waals surface area contributed by atoms with Crippen molar-refractivity contribution >= 4 is 0 Å². The Morgan fingerprint density at radius 3 is 2.55 bits per heavy atom. The van der Waals surface area contributed by atoms with Crippen molar-refractivity contribution in [2.24, 2.45) is 0 Å². The van der Waals surface area contributed by atoms with E-state index in [4.69, 9.17) is 5.26 Å². The van der Waals surface area contributed by atoms with E-state index in [1.54, 1.807) is 6.07 Å². The Labute approximate surface area is 112 Å². The lowest BCUT2D eigenvalue weighted by Crippen LogP contribution is -2.08. The van der Waals surface area contributed by atoms with Gasteiger partial charge in [-0.2, -0.15) is 18.4 Å². The van der Waals surface area contributed by atoms with E-state index in [9.17, 15) is 17.6 Å². The Kier molecular flexibility index (Phi) is 3.70. The molecule has 2 aromatic rings. The number of pyridine rings is 1. The van der Waals surface area contributed by atoms with E-state index in [-0.39, 0.29) is 23.2 Å². The van der Waals surface area contributed by atoms with Crippen molar-refractivity contribution < 1.29 is 17.6 Å². The van der Waals surface area contributed by atoms with E-state index < -0.39 is 17.6 Å². The summed E-state index contributed by atoms with van der Waals surface area (Å²) >= 11 is 0. The number of hydrogen-bond acceptors (Lipinski definition) is 2. The Morgan fingerprint density at radius 2 is 1.90 bits per heavy atom. The molecule has 0 atom stereocenters. The van der Waals surface area contributed by atoms with Crippen LogP contribution in [0, 0.1) is 17.1 Å². The van der Waals surface area contributed by atoms with Crippen molar-refractivity contribution in [3.8, 4) is 17.3 Å². The van der Waals surface area contributed by atoms with Crippen molar-refractivity contribution in [3.05, 3.63) is 53.5 Å². The molecule has 0 fully saturated rings. The highest BCUT2D eigenvalue weighted by Crippen LogP contribution is 2.37. The first-order valence-corrected chi connectivity index (χ1v) is 5.61. The van der Waals surface area contributed by atoms with Crippen LogP contribution in [-0.2, 0) is 12.6 Å². The zero-order valence-electron chi connectivity index (χ0n) is 10.1. The van der Waals surface area contributed by atoms with Crippen molar-refractivity contribution in [2.75, 3.05) is 0 Å². The van der Waals surface area contributed by atoms with Gasteiger partial charge in [0.15, 0.2) is 0 Å². The van der Waals surface area contributed by atoms with Crippen LogP contribution < -0.4 is 0 Å². The lowest BCUT2D eigenvalue weighted by atomic mass is 9.98. The van der Waals surface area contributed by atoms with Crippen LogP contribution in [-0.4, -0.2) is 4.98 Å². The highest BCUT2D eigenvalue weighted by molar-refractivity contribution is 5.68. The number of hydrogen-bond donors (Lipinski definition) is 0. The number of benzene rings is 1. The second-order valence-electron chi connectivity index (χ2n) is 4.04. The van der Waals surface area contributed by atoms with Crippen LogP contribution >= 0.6 is 0 Å². The first-order chi connectivity index (χ1) is 9.43. The van der Waals surface area contributed by atoms with Gasteiger partial charge in [0, 0.05) is 5.56 Å². The van der Waals surface area contributed by atoms with Gasteiger partial charge in [-0.25, -0.2) is 4.39 Å². The maximum Gasteiger partial charge on any atom is 0.417 e. The summed E-state index contributed by atoms with van der Waals surface area (Å²) in [7, 11) is 0. The number of alkyl halides is 3. The molecule has 20 heavy (non-hydrogen) atoms. The highest BCUT2D eigenvalue weighted by atomic mass is 19.4. The van der Waals surface area contributed by atoms with Crippen LogP contribution in [0.25, 0.3) is 11.3 Å². The highest BCUT2D eigenvalue weighted by Gasteiger charge is 2.34. The van der Waals surface area contributed by atoms with Gasteiger partial charge in [0.1, 0.15) is 5.82 Å². The van der Waals surface area contributed by atoms with Crippen molar-refractivity contribution in [1.82, 2.24) is 4.98 Å². The molecule has 0 aliphatic carbocycles. The smallest absolute Gasteiger partial charge is 0.253 e. The lowest BCUT2D eigenvalue weighted by Gasteiger charge is -2.14. The molecule has 0 bridgehead atoms. The maximum absolute atomic E-state index is 13.1. The molecule has 0 saturated carbocycles. The summed E-state index contributed by atoms with van der Waals surface area (Å²) < 4.78 is 52.0. The minimum atomic E-state index is -4.55. The van der Waals surface area contributed by atoms with Gasteiger partial charge in [0.25, 0.3) is 0 Å². The van der Waals surface area contributed by atoms with Gasteiger partial charge in [0.2, 0.25) is 0 Å². The largest absolute Gasteiger partial charge is 0.417 e.